The molecule has 2 N–H and O–H groups in total. The number of hydrogen-bond donors (Lipinski definition) is 2. The zero-order chi connectivity index (χ0) is 15.5. The van der Waals surface area contributed by atoms with Crippen molar-refractivity contribution in [1.82, 2.24) is 0 Å². The first kappa shape index (κ1) is 14.5. The highest BCUT2D eigenvalue weighted by atomic mass is 32.2. The van der Waals surface area contributed by atoms with Crippen molar-refractivity contribution in [1.29, 1.82) is 0 Å². The number of methoxy groups -OCH3 is 1. The Morgan fingerprint density at radius 2 is 2.14 bits per heavy atom. The lowest BCUT2D eigenvalue weighted by Crippen LogP contribution is -2.19. The molecule has 2 aromatic rings. The maximum atomic E-state index is 12.3. The highest BCUT2D eigenvalue weighted by Crippen LogP contribution is 2.32. The molecule has 3 rings (SSSR count). The van der Waals surface area contributed by atoms with Crippen molar-refractivity contribution < 1.29 is 14.3 Å². The van der Waals surface area contributed by atoms with Gasteiger partial charge in [-0.2, -0.15) is 0 Å². The van der Waals surface area contributed by atoms with Crippen LogP contribution in [0.4, 0.5) is 11.4 Å². The third kappa shape index (κ3) is 3.07. The number of thioether (sulfide) groups is 1. The quantitative estimate of drug-likeness (QED) is 0.914. The zero-order valence-corrected chi connectivity index (χ0v) is 12.7. The molecule has 0 fully saturated rings. The van der Waals surface area contributed by atoms with Crippen molar-refractivity contribution in [3.8, 4) is 5.75 Å². The van der Waals surface area contributed by atoms with E-state index in [0.29, 0.717) is 28.4 Å². The van der Waals surface area contributed by atoms with Crippen LogP contribution in [0.25, 0.3) is 0 Å². The van der Waals surface area contributed by atoms with E-state index < -0.39 is 0 Å². The fourth-order valence-corrected chi connectivity index (χ4v) is 2.92. The van der Waals surface area contributed by atoms with Crippen molar-refractivity contribution in [3.63, 3.8) is 0 Å². The summed E-state index contributed by atoms with van der Waals surface area (Å²) in [5.41, 5.74) is 1.82. The van der Waals surface area contributed by atoms with Crippen LogP contribution in [0.3, 0.4) is 0 Å². The number of nitrogens with one attached hydrogen (secondary N) is 2. The number of carbonyl (C=O) groups is 2. The Morgan fingerprint density at radius 3 is 2.95 bits per heavy atom. The van der Waals surface area contributed by atoms with Crippen LogP contribution in [0, 0.1) is 0 Å². The SMILES string of the molecule is COc1cccc(NC(=O)c2ccc3c(c2)NC(=O)CS3)c1. The van der Waals surface area contributed by atoms with Gasteiger partial charge in [-0.05, 0) is 30.3 Å². The van der Waals surface area contributed by atoms with E-state index >= 15 is 0 Å². The van der Waals surface area contributed by atoms with Crippen LogP contribution in [0.1, 0.15) is 10.4 Å². The minimum absolute atomic E-state index is 0.0529. The molecular formula is C16H14N2O3S. The molecule has 1 heterocycles. The maximum absolute atomic E-state index is 12.3. The van der Waals surface area contributed by atoms with Gasteiger partial charge in [0.25, 0.3) is 5.91 Å². The van der Waals surface area contributed by atoms with Crippen LogP contribution in [0.5, 0.6) is 5.75 Å². The summed E-state index contributed by atoms with van der Waals surface area (Å²) in [5.74, 6) is 0.790. The second-order valence-corrected chi connectivity index (χ2v) is 5.75. The lowest BCUT2D eigenvalue weighted by molar-refractivity contribution is -0.113. The van der Waals surface area contributed by atoms with Gasteiger partial charge in [0.1, 0.15) is 5.75 Å². The number of hydrogen-bond acceptors (Lipinski definition) is 4. The predicted octanol–water partition coefficient (Wildman–Crippen LogP) is 2.99. The molecule has 6 heteroatoms. The third-order valence-electron chi connectivity index (χ3n) is 3.20. The Bertz CT molecular complexity index is 746. The van der Waals surface area contributed by atoms with Crippen LogP contribution in [0.15, 0.2) is 47.4 Å². The second kappa shape index (κ2) is 6.11. The van der Waals surface area contributed by atoms with Crippen molar-refractivity contribution in [2.24, 2.45) is 0 Å². The number of rotatable bonds is 3. The largest absolute Gasteiger partial charge is 0.497 e. The number of amides is 2. The molecule has 112 valence electrons. The number of carbonyl (C=O) groups excluding carboxylic acids is 2. The van der Waals surface area contributed by atoms with Crippen molar-refractivity contribution >= 4 is 35.0 Å². The number of benzene rings is 2. The molecule has 22 heavy (non-hydrogen) atoms. The van der Waals surface area contributed by atoms with Gasteiger partial charge in [-0.1, -0.05) is 6.07 Å². The summed E-state index contributed by atoms with van der Waals surface area (Å²) in [4.78, 5) is 24.7. The fraction of sp³-hybridized carbons (Fsp3) is 0.125. The van der Waals surface area contributed by atoms with E-state index in [1.54, 1.807) is 43.5 Å². The molecular weight excluding hydrogens is 300 g/mol. The van der Waals surface area contributed by atoms with Crippen LogP contribution in [-0.4, -0.2) is 24.7 Å². The fourth-order valence-electron chi connectivity index (χ4n) is 2.13. The summed E-state index contributed by atoms with van der Waals surface area (Å²) in [6, 6.07) is 12.4. The molecule has 0 spiro atoms. The van der Waals surface area contributed by atoms with E-state index in [9.17, 15) is 9.59 Å². The van der Waals surface area contributed by atoms with Gasteiger partial charge in [0.15, 0.2) is 0 Å². The summed E-state index contributed by atoms with van der Waals surface area (Å²) >= 11 is 1.47. The zero-order valence-electron chi connectivity index (χ0n) is 11.9. The van der Waals surface area contributed by atoms with E-state index in [-0.39, 0.29) is 11.8 Å². The summed E-state index contributed by atoms with van der Waals surface area (Å²) in [7, 11) is 1.57. The van der Waals surface area contributed by atoms with Crippen LogP contribution >= 0.6 is 11.8 Å². The Labute approximate surface area is 132 Å². The van der Waals surface area contributed by atoms with Crippen LogP contribution < -0.4 is 15.4 Å². The molecule has 0 saturated heterocycles. The first-order valence-electron chi connectivity index (χ1n) is 6.68. The molecule has 1 aliphatic rings. The van der Waals surface area contributed by atoms with E-state index in [2.05, 4.69) is 10.6 Å². The Kier molecular flexibility index (Phi) is 4.02. The smallest absolute Gasteiger partial charge is 0.255 e. The van der Waals surface area contributed by atoms with Crippen molar-refractivity contribution in [2.75, 3.05) is 23.5 Å². The number of anilines is 2. The minimum atomic E-state index is -0.235. The highest BCUT2D eigenvalue weighted by molar-refractivity contribution is 8.00. The normalized spacial score (nSPS) is 13.0. The molecule has 0 aliphatic carbocycles. The summed E-state index contributed by atoms with van der Waals surface area (Å²) in [6.45, 7) is 0. The molecule has 0 radical (unpaired) electrons. The Balaban J connectivity index is 1.80. The topological polar surface area (TPSA) is 67.4 Å². The first-order chi connectivity index (χ1) is 10.7. The highest BCUT2D eigenvalue weighted by Gasteiger charge is 2.17. The Hall–Kier alpha value is -2.47. The third-order valence-corrected chi connectivity index (χ3v) is 4.28. The van der Waals surface area contributed by atoms with Crippen molar-refractivity contribution in [2.45, 2.75) is 4.90 Å². The lowest BCUT2D eigenvalue weighted by atomic mass is 10.1. The number of ether oxygens (including phenoxy) is 1. The van der Waals surface area contributed by atoms with Gasteiger partial charge < -0.3 is 15.4 Å². The predicted molar refractivity (Wildman–Crippen MR) is 86.7 cm³/mol. The summed E-state index contributed by atoms with van der Waals surface area (Å²) in [6.07, 6.45) is 0. The Morgan fingerprint density at radius 1 is 1.27 bits per heavy atom. The van der Waals surface area contributed by atoms with E-state index in [1.807, 2.05) is 6.07 Å². The average Bonchev–Trinajstić information content (AvgIpc) is 2.54. The standard InChI is InChI=1S/C16H14N2O3S/c1-21-12-4-2-3-11(8-12)17-16(20)10-5-6-14-13(7-10)18-15(19)9-22-14/h2-8H,9H2,1H3,(H,17,20)(H,18,19). The first-order valence-corrected chi connectivity index (χ1v) is 7.66. The van der Waals surface area contributed by atoms with Crippen LogP contribution in [0.2, 0.25) is 0 Å². The minimum Gasteiger partial charge on any atom is -0.497 e. The van der Waals surface area contributed by atoms with Gasteiger partial charge in [-0.3, -0.25) is 9.59 Å². The number of fused-ring (bicyclic) bond motifs is 1. The van der Waals surface area contributed by atoms with Gasteiger partial charge in [0, 0.05) is 22.2 Å². The molecule has 0 saturated carbocycles. The lowest BCUT2D eigenvalue weighted by Gasteiger charge is -2.17. The van der Waals surface area contributed by atoms with Gasteiger partial charge in [0.2, 0.25) is 5.91 Å². The van der Waals surface area contributed by atoms with Crippen LogP contribution in [-0.2, 0) is 4.79 Å². The van der Waals surface area contributed by atoms with Crippen molar-refractivity contribution in [3.05, 3.63) is 48.0 Å². The van der Waals surface area contributed by atoms with E-state index in [0.717, 1.165) is 4.90 Å². The monoisotopic (exact) mass is 314 g/mol. The molecule has 0 aromatic heterocycles. The maximum Gasteiger partial charge on any atom is 0.255 e. The van der Waals surface area contributed by atoms with Gasteiger partial charge in [0.05, 0.1) is 18.6 Å². The van der Waals surface area contributed by atoms with E-state index in [1.165, 1.54) is 11.8 Å². The average molecular weight is 314 g/mol. The molecule has 1 aliphatic heterocycles. The summed E-state index contributed by atoms with van der Waals surface area (Å²) < 4.78 is 5.13. The van der Waals surface area contributed by atoms with Gasteiger partial charge >= 0.3 is 0 Å². The molecule has 2 aromatic carbocycles. The molecule has 0 bridgehead atoms. The molecule has 5 nitrogen and oxygen atoms in total. The van der Waals surface area contributed by atoms with E-state index in [4.69, 9.17) is 4.74 Å². The second-order valence-electron chi connectivity index (χ2n) is 4.73. The molecule has 2 amide bonds. The molecule has 0 unspecified atom stereocenters. The van der Waals surface area contributed by atoms with Gasteiger partial charge in [-0.25, -0.2) is 0 Å². The summed E-state index contributed by atoms with van der Waals surface area (Å²) in [5, 5.41) is 5.59. The van der Waals surface area contributed by atoms with Gasteiger partial charge in [-0.15, -0.1) is 11.8 Å². The molecule has 0 atom stereocenters.